The van der Waals surface area contributed by atoms with Gasteiger partial charge in [-0.3, -0.25) is 4.79 Å². The van der Waals surface area contributed by atoms with E-state index >= 15 is 0 Å². The van der Waals surface area contributed by atoms with Crippen LogP contribution in [0, 0.1) is 0 Å². The Morgan fingerprint density at radius 2 is 1.54 bits per heavy atom. The lowest BCUT2D eigenvalue weighted by Gasteiger charge is -2.29. The molecular weight excluding hydrogens is 432 g/mol. The summed E-state index contributed by atoms with van der Waals surface area (Å²) in [5.74, 6) is 1.08. The lowest BCUT2D eigenvalue weighted by Crippen LogP contribution is -2.36. The number of fused-ring (bicyclic) bond motifs is 4. The monoisotopic (exact) mass is 462 g/mol. The van der Waals surface area contributed by atoms with Crippen LogP contribution in [-0.2, 0) is 37.0 Å². The Hall–Kier alpha value is -3.79. The maximum absolute atomic E-state index is 13.3. The normalized spacial score (nSPS) is 14.1. The smallest absolute Gasteiger partial charge is 0.223 e. The molecule has 4 heteroatoms. The van der Waals surface area contributed by atoms with E-state index in [1.165, 1.54) is 39.2 Å². The Bertz CT molecular complexity index is 1380. The maximum atomic E-state index is 13.3. The average Bonchev–Trinajstić information content (AvgIpc) is 3.30. The summed E-state index contributed by atoms with van der Waals surface area (Å²) < 4.78 is 7.76. The highest BCUT2D eigenvalue weighted by molar-refractivity contribution is 5.77. The second kappa shape index (κ2) is 9.10. The number of benzene rings is 3. The van der Waals surface area contributed by atoms with E-state index < -0.39 is 0 Å². The number of ether oxygens (including phenoxy) is 1. The van der Waals surface area contributed by atoms with Crippen LogP contribution in [0.2, 0.25) is 0 Å². The molecule has 0 bridgehead atoms. The number of hydrogen-bond donors (Lipinski definition) is 0. The molecule has 35 heavy (non-hydrogen) atoms. The van der Waals surface area contributed by atoms with E-state index in [0.29, 0.717) is 6.42 Å². The predicted octanol–water partition coefficient (Wildman–Crippen LogP) is 5.77. The topological polar surface area (TPSA) is 34.5 Å². The first-order valence-corrected chi connectivity index (χ1v) is 12.5. The molecular formula is C31H30N2O2. The largest absolute Gasteiger partial charge is 0.497 e. The van der Waals surface area contributed by atoms with Crippen molar-refractivity contribution >= 4 is 5.91 Å². The van der Waals surface area contributed by atoms with E-state index in [4.69, 9.17) is 4.74 Å². The van der Waals surface area contributed by atoms with Gasteiger partial charge >= 0.3 is 0 Å². The quantitative estimate of drug-likeness (QED) is 0.377. The van der Waals surface area contributed by atoms with Gasteiger partial charge in [0, 0.05) is 36.5 Å². The molecule has 0 unspecified atom stereocenters. The molecule has 0 radical (unpaired) electrons. The van der Waals surface area contributed by atoms with Crippen LogP contribution in [0.25, 0.3) is 16.9 Å². The van der Waals surface area contributed by atoms with Crippen LogP contribution < -0.4 is 4.74 Å². The Morgan fingerprint density at radius 1 is 0.829 bits per heavy atom. The van der Waals surface area contributed by atoms with Gasteiger partial charge in [0.15, 0.2) is 0 Å². The SMILES string of the molecule is COc1ccc(-n2c(CCC(=O)N3CCc4ccccc4C3)cc3c2-c2ccccc2CC3)cc1. The molecule has 0 fully saturated rings. The highest BCUT2D eigenvalue weighted by Crippen LogP contribution is 2.38. The molecule has 0 spiro atoms. The van der Waals surface area contributed by atoms with Crippen molar-refractivity contribution in [1.82, 2.24) is 9.47 Å². The minimum atomic E-state index is 0.236. The first-order valence-electron chi connectivity index (χ1n) is 12.5. The minimum Gasteiger partial charge on any atom is -0.497 e. The lowest BCUT2D eigenvalue weighted by molar-refractivity contribution is -0.132. The third-order valence-corrected chi connectivity index (χ3v) is 7.50. The third kappa shape index (κ3) is 4.03. The van der Waals surface area contributed by atoms with Crippen molar-refractivity contribution in [3.8, 4) is 22.7 Å². The third-order valence-electron chi connectivity index (χ3n) is 7.50. The summed E-state index contributed by atoms with van der Waals surface area (Å²) >= 11 is 0. The molecule has 0 saturated carbocycles. The average molecular weight is 463 g/mol. The first-order chi connectivity index (χ1) is 17.2. The van der Waals surface area contributed by atoms with Gasteiger partial charge < -0.3 is 14.2 Å². The van der Waals surface area contributed by atoms with Gasteiger partial charge in [0.2, 0.25) is 5.91 Å². The van der Waals surface area contributed by atoms with Crippen LogP contribution >= 0.6 is 0 Å². The van der Waals surface area contributed by atoms with Crippen LogP contribution in [0.3, 0.4) is 0 Å². The van der Waals surface area contributed by atoms with Crippen molar-refractivity contribution in [2.45, 2.75) is 38.6 Å². The van der Waals surface area contributed by atoms with Crippen LogP contribution in [0.5, 0.6) is 5.75 Å². The van der Waals surface area contributed by atoms with Crippen molar-refractivity contribution in [2.75, 3.05) is 13.7 Å². The summed E-state index contributed by atoms with van der Waals surface area (Å²) in [5, 5.41) is 0. The first kappa shape index (κ1) is 21.7. The zero-order valence-corrected chi connectivity index (χ0v) is 20.2. The fraction of sp³-hybridized carbons (Fsp3) is 0.258. The summed E-state index contributed by atoms with van der Waals surface area (Å²) in [7, 11) is 1.69. The molecule has 1 aliphatic heterocycles. The molecule has 6 rings (SSSR count). The zero-order valence-electron chi connectivity index (χ0n) is 20.2. The van der Waals surface area contributed by atoms with Crippen molar-refractivity contribution in [3.05, 3.63) is 107 Å². The number of carbonyl (C=O) groups excluding carboxylic acids is 1. The van der Waals surface area contributed by atoms with E-state index in [0.717, 1.165) is 50.2 Å². The fourth-order valence-corrected chi connectivity index (χ4v) is 5.66. The van der Waals surface area contributed by atoms with Gasteiger partial charge in [-0.05, 0) is 78.3 Å². The van der Waals surface area contributed by atoms with Crippen molar-refractivity contribution in [1.29, 1.82) is 0 Å². The molecule has 3 aromatic carbocycles. The Kier molecular flexibility index (Phi) is 5.65. The summed E-state index contributed by atoms with van der Waals surface area (Å²) in [6, 6.07) is 27.8. The van der Waals surface area contributed by atoms with Gasteiger partial charge in [-0.25, -0.2) is 0 Å². The zero-order chi connectivity index (χ0) is 23.8. The summed E-state index contributed by atoms with van der Waals surface area (Å²) in [4.78, 5) is 15.3. The van der Waals surface area contributed by atoms with Gasteiger partial charge in [0.25, 0.3) is 0 Å². The molecule has 0 N–H and O–H groups in total. The molecule has 4 nitrogen and oxygen atoms in total. The lowest BCUT2D eigenvalue weighted by atomic mass is 9.90. The standard InChI is InChI=1S/C31H30N2O2/c1-35-28-15-12-26(13-16-28)33-27(20-24-11-10-23-7-4-5-9-29(23)31(24)33)14-17-30(34)32-19-18-22-6-2-3-8-25(22)21-32/h2-9,12-13,15-16,20H,10-11,14,17-19,21H2,1H3. The Morgan fingerprint density at radius 3 is 2.34 bits per heavy atom. The summed E-state index contributed by atoms with van der Waals surface area (Å²) in [6.07, 6.45) is 4.26. The maximum Gasteiger partial charge on any atom is 0.223 e. The molecule has 0 atom stereocenters. The Labute approximate surface area is 206 Å². The minimum absolute atomic E-state index is 0.236. The van der Waals surface area contributed by atoms with E-state index in [-0.39, 0.29) is 5.91 Å². The molecule has 2 aliphatic rings. The number of aryl methyl sites for hydroxylation is 3. The highest BCUT2D eigenvalue weighted by atomic mass is 16.5. The van der Waals surface area contributed by atoms with Crippen molar-refractivity contribution in [3.63, 3.8) is 0 Å². The van der Waals surface area contributed by atoms with E-state index in [1.807, 2.05) is 17.0 Å². The number of rotatable bonds is 5. The van der Waals surface area contributed by atoms with Gasteiger partial charge in [-0.1, -0.05) is 48.5 Å². The number of aromatic nitrogens is 1. The molecule has 1 amide bonds. The summed E-state index contributed by atoms with van der Waals surface area (Å²) in [5.41, 5.74) is 10.3. The number of methoxy groups -OCH3 is 1. The van der Waals surface area contributed by atoms with Gasteiger partial charge in [0.05, 0.1) is 12.8 Å². The molecule has 176 valence electrons. The van der Waals surface area contributed by atoms with E-state index in [1.54, 1.807) is 7.11 Å². The number of nitrogens with zero attached hydrogens (tertiary/aromatic N) is 2. The second-order valence-corrected chi connectivity index (χ2v) is 9.53. The molecule has 1 aliphatic carbocycles. The van der Waals surface area contributed by atoms with Crippen LogP contribution in [0.4, 0.5) is 0 Å². The highest BCUT2D eigenvalue weighted by Gasteiger charge is 2.25. The number of amides is 1. The molecule has 2 heterocycles. The van der Waals surface area contributed by atoms with Crippen molar-refractivity contribution < 1.29 is 9.53 Å². The fourth-order valence-electron chi connectivity index (χ4n) is 5.66. The van der Waals surface area contributed by atoms with Gasteiger partial charge in [0.1, 0.15) is 5.75 Å². The Balaban J connectivity index is 1.31. The van der Waals surface area contributed by atoms with Crippen LogP contribution in [0.1, 0.15) is 34.4 Å². The van der Waals surface area contributed by atoms with E-state index in [9.17, 15) is 4.79 Å². The molecule has 1 aromatic heterocycles. The van der Waals surface area contributed by atoms with E-state index in [2.05, 4.69) is 71.3 Å². The second-order valence-electron chi connectivity index (χ2n) is 9.53. The number of hydrogen-bond acceptors (Lipinski definition) is 2. The summed E-state index contributed by atoms with van der Waals surface area (Å²) in [6.45, 7) is 1.53. The predicted molar refractivity (Wildman–Crippen MR) is 139 cm³/mol. The van der Waals surface area contributed by atoms with Crippen LogP contribution in [-0.4, -0.2) is 29.0 Å². The van der Waals surface area contributed by atoms with Crippen molar-refractivity contribution in [2.24, 2.45) is 0 Å². The number of carbonyl (C=O) groups is 1. The molecule has 0 saturated heterocycles. The van der Waals surface area contributed by atoms with Crippen LogP contribution in [0.15, 0.2) is 78.9 Å². The molecule has 4 aromatic rings. The van der Waals surface area contributed by atoms with Gasteiger partial charge in [-0.2, -0.15) is 0 Å². The van der Waals surface area contributed by atoms with Gasteiger partial charge in [-0.15, -0.1) is 0 Å².